The van der Waals surface area contributed by atoms with E-state index in [0.29, 0.717) is 13.1 Å². The number of halogens is 1. The summed E-state index contributed by atoms with van der Waals surface area (Å²) in [5.74, 6) is 0.635. The van der Waals surface area contributed by atoms with Crippen molar-refractivity contribution in [2.24, 2.45) is 0 Å². The van der Waals surface area contributed by atoms with Crippen LogP contribution in [0.4, 0.5) is 4.39 Å². The van der Waals surface area contributed by atoms with Crippen molar-refractivity contribution < 1.29 is 9.13 Å². The molecule has 5 heteroatoms. The summed E-state index contributed by atoms with van der Waals surface area (Å²) < 4.78 is 19.1. The normalized spacial score (nSPS) is 11.0. The number of nitrogens with one attached hydrogen (secondary N) is 1. The smallest absolute Gasteiger partial charge is 0.123 e. The summed E-state index contributed by atoms with van der Waals surface area (Å²) in [5, 5.41) is 4.35. The van der Waals surface area contributed by atoms with Gasteiger partial charge in [-0.15, -0.1) is 11.3 Å². The molecule has 3 nitrogen and oxygen atoms in total. The third-order valence-electron chi connectivity index (χ3n) is 3.16. The molecule has 0 fully saturated rings. The molecule has 3 rings (SSSR count). The van der Waals surface area contributed by atoms with E-state index in [0.717, 1.165) is 26.5 Å². The first-order valence-electron chi connectivity index (χ1n) is 6.63. The van der Waals surface area contributed by atoms with Crippen LogP contribution in [0.5, 0.6) is 5.75 Å². The van der Waals surface area contributed by atoms with Gasteiger partial charge in [0.2, 0.25) is 0 Å². The van der Waals surface area contributed by atoms with Crippen LogP contribution in [0.25, 0.3) is 10.2 Å². The Bertz CT molecular complexity index is 740. The van der Waals surface area contributed by atoms with Crippen molar-refractivity contribution in [1.29, 1.82) is 0 Å². The van der Waals surface area contributed by atoms with Gasteiger partial charge < -0.3 is 10.1 Å². The number of fused-ring (bicyclic) bond motifs is 1. The molecule has 0 spiro atoms. The topological polar surface area (TPSA) is 34.1 Å². The molecule has 0 aliphatic heterocycles. The predicted octanol–water partition coefficient (Wildman–Crippen LogP) is 3.73. The third-order valence-corrected chi connectivity index (χ3v) is 4.18. The van der Waals surface area contributed by atoms with Crippen molar-refractivity contribution in [1.82, 2.24) is 10.3 Å². The van der Waals surface area contributed by atoms with Gasteiger partial charge in [-0.2, -0.15) is 0 Å². The van der Waals surface area contributed by atoms with Gasteiger partial charge in [-0.25, -0.2) is 9.37 Å². The number of hydrogen-bond acceptors (Lipinski definition) is 4. The highest BCUT2D eigenvalue weighted by Crippen LogP contribution is 2.26. The molecule has 0 saturated carbocycles. The molecule has 0 atom stereocenters. The van der Waals surface area contributed by atoms with Crippen LogP contribution in [-0.4, -0.2) is 12.1 Å². The second-order valence-corrected chi connectivity index (χ2v) is 5.79. The standard InChI is InChI=1S/C16H15FN2OS/c1-20-13-6-7-14-15(8-13)21-16(19-14)10-18-9-11-2-4-12(17)5-3-11/h2-8,18H,9-10H2,1H3. The van der Waals surface area contributed by atoms with Crippen molar-refractivity contribution in [2.45, 2.75) is 13.1 Å². The highest BCUT2D eigenvalue weighted by atomic mass is 32.1. The summed E-state index contributed by atoms with van der Waals surface area (Å²) >= 11 is 1.65. The number of ether oxygens (including phenoxy) is 1. The third kappa shape index (κ3) is 3.37. The molecule has 108 valence electrons. The van der Waals surface area contributed by atoms with Crippen molar-refractivity contribution in [2.75, 3.05) is 7.11 Å². The predicted molar refractivity (Wildman–Crippen MR) is 83.1 cm³/mol. The number of nitrogens with zero attached hydrogens (tertiary/aromatic N) is 1. The van der Waals surface area contributed by atoms with E-state index < -0.39 is 0 Å². The quantitative estimate of drug-likeness (QED) is 0.779. The molecule has 0 bridgehead atoms. The molecule has 0 unspecified atom stereocenters. The van der Waals surface area contributed by atoms with Gasteiger partial charge in [-0.1, -0.05) is 12.1 Å². The van der Waals surface area contributed by atoms with Crippen LogP contribution < -0.4 is 10.1 Å². The van der Waals surface area contributed by atoms with Crippen LogP contribution in [0.3, 0.4) is 0 Å². The van der Waals surface area contributed by atoms with Gasteiger partial charge in [0.15, 0.2) is 0 Å². The van der Waals surface area contributed by atoms with E-state index in [4.69, 9.17) is 4.74 Å². The van der Waals surface area contributed by atoms with Gasteiger partial charge in [-0.05, 0) is 35.9 Å². The lowest BCUT2D eigenvalue weighted by molar-refractivity contribution is 0.415. The fourth-order valence-corrected chi connectivity index (χ4v) is 3.04. The van der Waals surface area contributed by atoms with Crippen molar-refractivity contribution in [3.8, 4) is 5.75 Å². The van der Waals surface area contributed by atoms with Gasteiger partial charge in [0, 0.05) is 13.1 Å². The molecule has 3 aromatic rings. The molecule has 1 heterocycles. The Morgan fingerprint density at radius 2 is 1.95 bits per heavy atom. The maximum absolute atomic E-state index is 12.8. The number of hydrogen-bond donors (Lipinski definition) is 1. The highest BCUT2D eigenvalue weighted by Gasteiger charge is 2.05. The minimum atomic E-state index is -0.209. The van der Waals surface area contributed by atoms with Crippen molar-refractivity contribution in [3.63, 3.8) is 0 Å². The Labute approximate surface area is 126 Å². The number of benzene rings is 2. The van der Waals surface area contributed by atoms with Crippen molar-refractivity contribution in [3.05, 3.63) is 58.9 Å². The molecule has 1 N–H and O–H groups in total. The van der Waals surface area contributed by atoms with Crippen LogP contribution in [0.2, 0.25) is 0 Å². The largest absolute Gasteiger partial charge is 0.497 e. The van der Waals surface area contributed by atoms with E-state index in [1.54, 1.807) is 30.6 Å². The summed E-state index contributed by atoms with van der Waals surface area (Å²) in [4.78, 5) is 4.57. The molecule has 0 aliphatic carbocycles. The monoisotopic (exact) mass is 302 g/mol. The zero-order chi connectivity index (χ0) is 14.7. The molecule has 0 saturated heterocycles. The van der Waals surface area contributed by atoms with Crippen LogP contribution in [0.1, 0.15) is 10.6 Å². The van der Waals surface area contributed by atoms with Gasteiger partial charge in [0.25, 0.3) is 0 Å². The first-order chi connectivity index (χ1) is 10.2. The van der Waals surface area contributed by atoms with E-state index in [1.807, 2.05) is 18.2 Å². The Kier molecular flexibility index (Phi) is 4.13. The fraction of sp³-hybridized carbons (Fsp3) is 0.188. The van der Waals surface area contributed by atoms with E-state index >= 15 is 0 Å². The maximum atomic E-state index is 12.8. The van der Waals surface area contributed by atoms with E-state index in [2.05, 4.69) is 10.3 Å². The Morgan fingerprint density at radius 3 is 2.71 bits per heavy atom. The van der Waals surface area contributed by atoms with E-state index in [1.165, 1.54) is 12.1 Å². The lowest BCUT2D eigenvalue weighted by Gasteiger charge is -2.02. The average Bonchev–Trinajstić information content (AvgIpc) is 2.91. The second-order valence-electron chi connectivity index (χ2n) is 4.67. The summed E-state index contributed by atoms with van der Waals surface area (Å²) in [6, 6.07) is 12.4. The molecule has 1 aromatic heterocycles. The Hall–Kier alpha value is -1.98. The minimum absolute atomic E-state index is 0.209. The summed E-state index contributed by atoms with van der Waals surface area (Å²) in [5.41, 5.74) is 2.04. The van der Waals surface area contributed by atoms with Gasteiger partial charge >= 0.3 is 0 Å². The van der Waals surface area contributed by atoms with Crippen LogP contribution >= 0.6 is 11.3 Å². The molecular formula is C16H15FN2OS. The van der Waals surface area contributed by atoms with E-state index in [-0.39, 0.29) is 5.82 Å². The van der Waals surface area contributed by atoms with Crippen molar-refractivity contribution >= 4 is 21.6 Å². The van der Waals surface area contributed by atoms with Crippen LogP contribution in [0, 0.1) is 5.82 Å². The zero-order valence-electron chi connectivity index (χ0n) is 11.6. The van der Waals surface area contributed by atoms with Crippen LogP contribution in [0.15, 0.2) is 42.5 Å². The van der Waals surface area contributed by atoms with E-state index in [9.17, 15) is 4.39 Å². The lowest BCUT2D eigenvalue weighted by atomic mass is 10.2. The summed E-state index contributed by atoms with van der Waals surface area (Å²) in [6.45, 7) is 1.39. The molecule has 2 aromatic carbocycles. The number of rotatable bonds is 5. The maximum Gasteiger partial charge on any atom is 0.123 e. The Balaban J connectivity index is 1.63. The Morgan fingerprint density at radius 1 is 1.14 bits per heavy atom. The number of methoxy groups -OCH3 is 1. The molecule has 0 radical (unpaired) electrons. The number of aromatic nitrogens is 1. The molecule has 0 aliphatic rings. The van der Waals surface area contributed by atoms with Gasteiger partial charge in [0.1, 0.15) is 16.6 Å². The number of thiazole rings is 1. The average molecular weight is 302 g/mol. The molecule has 0 amide bonds. The lowest BCUT2D eigenvalue weighted by Crippen LogP contribution is -2.12. The summed E-state index contributed by atoms with van der Waals surface area (Å²) in [7, 11) is 1.66. The summed E-state index contributed by atoms with van der Waals surface area (Å²) in [6.07, 6.45) is 0. The zero-order valence-corrected chi connectivity index (χ0v) is 12.4. The van der Waals surface area contributed by atoms with Gasteiger partial charge in [-0.3, -0.25) is 0 Å². The first kappa shape index (κ1) is 14.0. The van der Waals surface area contributed by atoms with Crippen LogP contribution in [-0.2, 0) is 13.1 Å². The fourth-order valence-electron chi connectivity index (χ4n) is 2.07. The van der Waals surface area contributed by atoms with Gasteiger partial charge in [0.05, 0.1) is 17.3 Å². The first-order valence-corrected chi connectivity index (χ1v) is 7.45. The second kappa shape index (κ2) is 6.20. The SMILES string of the molecule is COc1ccc2nc(CNCc3ccc(F)cc3)sc2c1. The molecule has 21 heavy (non-hydrogen) atoms. The highest BCUT2D eigenvalue weighted by molar-refractivity contribution is 7.18. The molecular weight excluding hydrogens is 287 g/mol. The minimum Gasteiger partial charge on any atom is -0.497 e.